The van der Waals surface area contributed by atoms with Gasteiger partial charge in [0.15, 0.2) is 0 Å². The lowest BCUT2D eigenvalue weighted by Gasteiger charge is -2.12. The van der Waals surface area contributed by atoms with Crippen LogP contribution in [0.3, 0.4) is 0 Å². The molecule has 2 aromatic rings. The highest BCUT2D eigenvalue weighted by molar-refractivity contribution is 9.10. The van der Waals surface area contributed by atoms with Gasteiger partial charge in [-0.1, -0.05) is 15.9 Å². The van der Waals surface area contributed by atoms with Gasteiger partial charge in [0.2, 0.25) is 11.8 Å². The first kappa shape index (κ1) is 20.7. The van der Waals surface area contributed by atoms with Crippen LogP contribution in [-0.2, 0) is 14.4 Å². The predicted molar refractivity (Wildman–Crippen MR) is 110 cm³/mol. The summed E-state index contributed by atoms with van der Waals surface area (Å²) in [5.74, 6) is -1.83. The SMILES string of the molecule is CC(Sc1ccc(NC(=O)/C=C/C(=O)O)cc1)C(=O)Nc1ccc(Br)cc1. The van der Waals surface area contributed by atoms with E-state index in [0.717, 1.165) is 27.2 Å². The third-order valence-electron chi connectivity index (χ3n) is 3.29. The van der Waals surface area contributed by atoms with Crippen LogP contribution in [0, 0.1) is 0 Å². The molecule has 2 rings (SSSR count). The van der Waals surface area contributed by atoms with E-state index in [9.17, 15) is 14.4 Å². The molecule has 3 N–H and O–H groups in total. The van der Waals surface area contributed by atoms with Gasteiger partial charge in [0.05, 0.1) is 5.25 Å². The minimum absolute atomic E-state index is 0.112. The maximum absolute atomic E-state index is 12.3. The minimum atomic E-state index is -1.19. The molecule has 1 unspecified atom stereocenters. The molecular formula is C19H17BrN2O4S. The lowest BCUT2D eigenvalue weighted by molar-refractivity contribution is -0.131. The lowest BCUT2D eigenvalue weighted by atomic mass is 10.3. The van der Waals surface area contributed by atoms with E-state index in [2.05, 4.69) is 26.6 Å². The Bertz CT molecular complexity index is 851. The second kappa shape index (κ2) is 9.94. The molecule has 0 saturated heterocycles. The Balaban J connectivity index is 1.89. The topological polar surface area (TPSA) is 95.5 Å². The number of hydrogen-bond donors (Lipinski definition) is 3. The van der Waals surface area contributed by atoms with E-state index < -0.39 is 11.9 Å². The van der Waals surface area contributed by atoms with Gasteiger partial charge in [-0.25, -0.2) is 4.79 Å². The number of halogens is 1. The molecular weight excluding hydrogens is 432 g/mol. The van der Waals surface area contributed by atoms with Crippen molar-refractivity contribution < 1.29 is 19.5 Å². The summed E-state index contributed by atoms with van der Waals surface area (Å²) in [6, 6.07) is 14.3. The molecule has 0 saturated carbocycles. The Morgan fingerprint density at radius 2 is 1.52 bits per heavy atom. The number of aliphatic carboxylic acids is 1. The molecule has 0 radical (unpaired) electrons. The molecule has 1 atom stereocenters. The molecule has 0 aliphatic rings. The molecule has 0 aromatic heterocycles. The zero-order chi connectivity index (χ0) is 19.8. The number of carboxylic acid groups (broad SMARTS) is 1. The summed E-state index contributed by atoms with van der Waals surface area (Å²) in [6.07, 6.45) is 1.71. The molecule has 0 spiro atoms. The number of hydrogen-bond acceptors (Lipinski definition) is 4. The highest BCUT2D eigenvalue weighted by Gasteiger charge is 2.14. The van der Waals surface area contributed by atoms with Crippen LogP contribution in [-0.4, -0.2) is 28.1 Å². The van der Waals surface area contributed by atoms with Crippen LogP contribution in [0.25, 0.3) is 0 Å². The zero-order valence-corrected chi connectivity index (χ0v) is 16.7. The van der Waals surface area contributed by atoms with Crippen molar-refractivity contribution in [3.63, 3.8) is 0 Å². The minimum Gasteiger partial charge on any atom is -0.478 e. The number of carbonyl (C=O) groups excluding carboxylic acids is 2. The molecule has 27 heavy (non-hydrogen) atoms. The van der Waals surface area contributed by atoms with Crippen molar-refractivity contribution in [2.75, 3.05) is 10.6 Å². The van der Waals surface area contributed by atoms with E-state index in [-0.39, 0.29) is 11.2 Å². The van der Waals surface area contributed by atoms with Crippen molar-refractivity contribution in [3.05, 3.63) is 65.2 Å². The normalized spacial score (nSPS) is 11.8. The number of carbonyl (C=O) groups is 3. The lowest BCUT2D eigenvalue weighted by Crippen LogP contribution is -2.22. The summed E-state index contributed by atoms with van der Waals surface area (Å²) in [5.41, 5.74) is 1.26. The molecule has 0 aliphatic heterocycles. The quantitative estimate of drug-likeness (QED) is 0.436. The summed E-state index contributed by atoms with van der Waals surface area (Å²) in [6.45, 7) is 1.81. The third kappa shape index (κ3) is 7.28. The summed E-state index contributed by atoms with van der Waals surface area (Å²) in [4.78, 5) is 35.1. The fourth-order valence-electron chi connectivity index (χ4n) is 1.98. The van der Waals surface area contributed by atoms with Crippen LogP contribution < -0.4 is 10.6 Å². The zero-order valence-electron chi connectivity index (χ0n) is 14.3. The standard InChI is InChI=1S/C19H17BrN2O4S/c1-12(19(26)22-15-4-2-13(20)3-5-15)27-16-8-6-14(7-9-16)21-17(23)10-11-18(24)25/h2-12H,1H3,(H,21,23)(H,22,26)(H,24,25)/b11-10+. The molecule has 2 aromatic carbocycles. The molecule has 0 heterocycles. The molecule has 8 heteroatoms. The molecule has 6 nitrogen and oxygen atoms in total. The molecule has 2 amide bonds. The number of rotatable bonds is 7. The molecule has 0 aliphatic carbocycles. The first-order valence-corrected chi connectivity index (χ1v) is 9.56. The van der Waals surface area contributed by atoms with Crippen LogP contribution in [0.1, 0.15) is 6.92 Å². The van der Waals surface area contributed by atoms with Crippen LogP contribution in [0.15, 0.2) is 70.1 Å². The van der Waals surface area contributed by atoms with Gasteiger partial charge >= 0.3 is 5.97 Å². The van der Waals surface area contributed by atoms with E-state index in [0.29, 0.717) is 5.69 Å². The number of amides is 2. The summed E-state index contributed by atoms with van der Waals surface area (Å²) in [7, 11) is 0. The molecule has 0 fully saturated rings. The Hall–Kier alpha value is -2.58. The Labute approximate surface area is 169 Å². The fourth-order valence-corrected chi connectivity index (χ4v) is 3.11. The van der Waals surface area contributed by atoms with E-state index in [1.165, 1.54) is 11.8 Å². The Morgan fingerprint density at radius 1 is 0.963 bits per heavy atom. The van der Waals surface area contributed by atoms with Gasteiger partial charge in [0.1, 0.15) is 0 Å². The van der Waals surface area contributed by atoms with Crippen LogP contribution in [0.4, 0.5) is 11.4 Å². The second-order valence-electron chi connectivity index (χ2n) is 5.44. The average molecular weight is 449 g/mol. The van der Waals surface area contributed by atoms with Crippen molar-refractivity contribution >= 4 is 56.9 Å². The first-order valence-electron chi connectivity index (χ1n) is 7.88. The predicted octanol–water partition coefficient (Wildman–Crippen LogP) is 4.15. The highest BCUT2D eigenvalue weighted by atomic mass is 79.9. The van der Waals surface area contributed by atoms with E-state index in [4.69, 9.17) is 5.11 Å². The number of thioether (sulfide) groups is 1. The van der Waals surface area contributed by atoms with Crippen molar-refractivity contribution in [2.45, 2.75) is 17.1 Å². The Morgan fingerprint density at radius 3 is 2.11 bits per heavy atom. The van der Waals surface area contributed by atoms with Crippen LogP contribution in [0.5, 0.6) is 0 Å². The largest absolute Gasteiger partial charge is 0.478 e. The van der Waals surface area contributed by atoms with Crippen LogP contribution >= 0.6 is 27.7 Å². The van der Waals surface area contributed by atoms with Crippen molar-refractivity contribution in [1.29, 1.82) is 0 Å². The molecule has 140 valence electrons. The maximum atomic E-state index is 12.3. The molecule has 0 bridgehead atoms. The van der Waals surface area contributed by atoms with Gasteiger partial charge in [-0.3, -0.25) is 9.59 Å². The van der Waals surface area contributed by atoms with Crippen molar-refractivity contribution in [3.8, 4) is 0 Å². The number of carboxylic acids is 1. The number of benzene rings is 2. The second-order valence-corrected chi connectivity index (χ2v) is 7.77. The van der Waals surface area contributed by atoms with Gasteiger partial charge in [-0.2, -0.15) is 0 Å². The monoisotopic (exact) mass is 448 g/mol. The summed E-state index contributed by atoms with van der Waals surface area (Å²) in [5, 5.41) is 13.6. The van der Waals surface area contributed by atoms with Crippen molar-refractivity contribution in [2.24, 2.45) is 0 Å². The van der Waals surface area contributed by atoms with Gasteiger partial charge in [0.25, 0.3) is 0 Å². The van der Waals surface area contributed by atoms with E-state index in [1.807, 2.05) is 31.2 Å². The van der Waals surface area contributed by atoms with Gasteiger partial charge in [-0.15, -0.1) is 11.8 Å². The first-order chi connectivity index (χ1) is 12.8. The summed E-state index contributed by atoms with van der Waals surface area (Å²) < 4.78 is 0.938. The van der Waals surface area contributed by atoms with E-state index in [1.54, 1.807) is 24.3 Å². The van der Waals surface area contributed by atoms with Gasteiger partial charge in [-0.05, 0) is 55.5 Å². The number of nitrogens with one attached hydrogen (secondary N) is 2. The Kier molecular flexibility index (Phi) is 7.63. The number of anilines is 2. The van der Waals surface area contributed by atoms with E-state index >= 15 is 0 Å². The summed E-state index contributed by atoms with van der Waals surface area (Å²) >= 11 is 4.74. The van der Waals surface area contributed by atoms with Crippen LogP contribution in [0.2, 0.25) is 0 Å². The average Bonchev–Trinajstić information content (AvgIpc) is 2.63. The smallest absolute Gasteiger partial charge is 0.328 e. The highest BCUT2D eigenvalue weighted by Crippen LogP contribution is 2.26. The van der Waals surface area contributed by atoms with Crippen molar-refractivity contribution in [1.82, 2.24) is 0 Å². The van der Waals surface area contributed by atoms with Gasteiger partial charge in [0, 0.05) is 32.9 Å². The van der Waals surface area contributed by atoms with Gasteiger partial charge < -0.3 is 15.7 Å². The fraction of sp³-hybridized carbons (Fsp3) is 0.105. The maximum Gasteiger partial charge on any atom is 0.328 e. The third-order valence-corrected chi connectivity index (χ3v) is 4.93.